The number of fused-ring (bicyclic) bond motifs is 1. The van der Waals surface area contributed by atoms with Crippen molar-refractivity contribution in [1.29, 1.82) is 0 Å². The number of carbonyl (C=O) groups is 1. The molecule has 2 heterocycles. The summed E-state index contributed by atoms with van der Waals surface area (Å²) in [7, 11) is 0. The molecule has 0 aliphatic carbocycles. The van der Waals surface area contributed by atoms with Crippen molar-refractivity contribution in [3.05, 3.63) is 75.9 Å². The van der Waals surface area contributed by atoms with Crippen molar-refractivity contribution in [3.8, 4) is 17.1 Å². The van der Waals surface area contributed by atoms with Gasteiger partial charge >= 0.3 is 0 Å². The summed E-state index contributed by atoms with van der Waals surface area (Å²) in [5.74, 6) is -0.0345. The van der Waals surface area contributed by atoms with E-state index in [1.54, 1.807) is 35.8 Å². The molecule has 0 spiro atoms. The summed E-state index contributed by atoms with van der Waals surface area (Å²) in [6.07, 6.45) is 1.11. The molecule has 1 atom stereocenters. The van der Waals surface area contributed by atoms with E-state index in [2.05, 4.69) is 10.3 Å². The molecule has 2 aromatic heterocycles. The number of para-hydroxylation sites is 1. The SMILES string of the molecule is CCC(Oc1c(-c2ccc(C)cc2)oc2ccccc2c1=O)C(=O)Nc1nccs1. The second-order valence-corrected chi connectivity index (χ2v) is 7.69. The summed E-state index contributed by atoms with van der Waals surface area (Å²) in [6.45, 7) is 3.80. The van der Waals surface area contributed by atoms with Gasteiger partial charge in [0.1, 0.15) is 5.58 Å². The molecule has 4 rings (SSSR count). The molecule has 0 aliphatic rings. The van der Waals surface area contributed by atoms with E-state index in [0.29, 0.717) is 33.8 Å². The molecular formula is C23H20N2O4S. The summed E-state index contributed by atoms with van der Waals surface area (Å²) >= 11 is 1.31. The van der Waals surface area contributed by atoms with Crippen molar-refractivity contribution in [2.75, 3.05) is 5.32 Å². The maximum Gasteiger partial charge on any atom is 0.267 e. The average molecular weight is 420 g/mol. The van der Waals surface area contributed by atoms with Gasteiger partial charge < -0.3 is 9.15 Å². The molecule has 0 saturated carbocycles. The van der Waals surface area contributed by atoms with Crippen molar-refractivity contribution >= 4 is 33.3 Å². The van der Waals surface area contributed by atoms with Gasteiger partial charge in [-0.1, -0.05) is 48.9 Å². The zero-order valence-corrected chi connectivity index (χ0v) is 17.4. The lowest BCUT2D eigenvalue weighted by molar-refractivity contribution is -0.122. The molecule has 4 aromatic rings. The third-order valence-corrected chi connectivity index (χ3v) is 5.34. The maximum atomic E-state index is 13.3. The van der Waals surface area contributed by atoms with Crippen LogP contribution in [0, 0.1) is 6.92 Å². The van der Waals surface area contributed by atoms with Gasteiger partial charge in [0.25, 0.3) is 5.91 Å². The number of hydrogen-bond donors (Lipinski definition) is 1. The molecule has 1 amide bonds. The molecular weight excluding hydrogens is 400 g/mol. The van der Waals surface area contributed by atoms with Crippen molar-refractivity contribution in [2.45, 2.75) is 26.4 Å². The van der Waals surface area contributed by atoms with Gasteiger partial charge in [-0.15, -0.1) is 11.3 Å². The standard InChI is InChI=1S/C23H20N2O4S/c1-3-17(22(27)25-23-24-12-13-30-23)28-21-19(26)16-6-4-5-7-18(16)29-20(21)15-10-8-14(2)9-11-15/h4-13,17H,3H2,1-2H3,(H,24,25,27). The first-order chi connectivity index (χ1) is 14.6. The van der Waals surface area contributed by atoms with Crippen LogP contribution in [0.2, 0.25) is 0 Å². The van der Waals surface area contributed by atoms with Gasteiger partial charge in [-0.2, -0.15) is 0 Å². The van der Waals surface area contributed by atoms with Gasteiger partial charge in [-0.3, -0.25) is 14.9 Å². The molecule has 0 radical (unpaired) electrons. The highest BCUT2D eigenvalue weighted by Gasteiger charge is 2.25. The van der Waals surface area contributed by atoms with E-state index in [0.717, 1.165) is 5.56 Å². The monoisotopic (exact) mass is 420 g/mol. The second-order valence-electron chi connectivity index (χ2n) is 6.79. The molecule has 6 nitrogen and oxygen atoms in total. The van der Waals surface area contributed by atoms with E-state index in [1.165, 1.54) is 11.3 Å². The van der Waals surface area contributed by atoms with E-state index >= 15 is 0 Å². The molecule has 30 heavy (non-hydrogen) atoms. The zero-order chi connectivity index (χ0) is 21.1. The Morgan fingerprint density at radius 2 is 1.97 bits per heavy atom. The summed E-state index contributed by atoms with van der Waals surface area (Å²) in [6, 6.07) is 14.6. The molecule has 0 aliphatic heterocycles. The Hall–Kier alpha value is -3.45. The number of nitrogens with zero attached hydrogens (tertiary/aromatic N) is 1. The Morgan fingerprint density at radius 3 is 2.67 bits per heavy atom. The first-order valence-electron chi connectivity index (χ1n) is 9.56. The Balaban J connectivity index is 1.78. The van der Waals surface area contributed by atoms with Crippen LogP contribution in [-0.4, -0.2) is 17.0 Å². The minimum Gasteiger partial charge on any atom is -0.473 e. The average Bonchev–Trinajstić information content (AvgIpc) is 3.26. The maximum absolute atomic E-state index is 13.3. The first kappa shape index (κ1) is 19.8. The Labute approximate surface area is 177 Å². The van der Waals surface area contributed by atoms with Gasteiger partial charge in [0.2, 0.25) is 11.2 Å². The smallest absolute Gasteiger partial charge is 0.267 e. The summed E-state index contributed by atoms with van der Waals surface area (Å²) < 4.78 is 12.1. The predicted molar refractivity (Wildman–Crippen MR) is 118 cm³/mol. The van der Waals surface area contributed by atoms with Crippen LogP contribution < -0.4 is 15.5 Å². The number of anilines is 1. The molecule has 0 bridgehead atoms. The lowest BCUT2D eigenvalue weighted by Gasteiger charge is -2.18. The topological polar surface area (TPSA) is 81.4 Å². The summed E-state index contributed by atoms with van der Waals surface area (Å²) in [4.78, 5) is 30.0. The molecule has 152 valence electrons. The van der Waals surface area contributed by atoms with Gasteiger partial charge in [0.05, 0.1) is 5.39 Å². The number of hydrogen-bond acceptors (Lipinski definition) is 6. The highest BCUT2D eigenvalue weighted by molar-refractivity contribution is 7.13. The normalized spacial score (nSPS) is 11.9. The molecule has 7 heteroatoms. The largest absolute Gasteiger partial charge is 0.473 e. The van der Waals surface area contributed by atoms with Crippen LogP contribution in [0.15, 0.2) is 69.3 Å². The van der Waals surface area contributed by atoms with E-state index in [1.807, 2.05) is 38.1 Å². The molecule has 0 saturated heterocycles. The molecule has 2 aromatic carbocycles. The zero-order valence-electron chi connectivity index (χ0n) is 16.5. The highest BCUT2D eigenvalue weighted by atomic mass is 32.1. The lowest BCUT2D eigenvalue weighted by atomic mass is 10.1. The summed E-state index contributed by atoms with van der Waals surface area (Å²) in [5, 5.41) is 5.38. The number of ether oxygens (including phenoxy) is 1. The highest BCUT2D eigenvalue weighted by Crippen LogP contribution is 2.32. The van der Waals surface area contributed by atoms with Gasteiger partial charge in [0.15, 0.2) is 17.0 Å². The Morgan fingerprint density at radius 1 is 1.20 bits per heavy atom. The van der Waals surface area contributed by atoms with E-state index in [-0.39, 0.29) is 17.1 Å². The van der Waals surface area contributed by atoms with Gasteiger partial charge in [-0.05, 0) is 25.5 Å². The number of aromatic nitrogens is 1. The number of amides is 1. The van der Waals surface area contributed by atoms with Crippen molar-refractivity contribution in [3.63, 3.8) is 0 Å². The van der Waals surface area contributed by atoms with E-state index < -0.39 is 6.10 Å². The van der Waals surface area contributed by atoms with E-state index in [9.17, 15) is 9.59 Å². The van der Waals surface area contributed by atoms with Crippen LogP contribution in [0.3, 0.4) is 0 Å². The van der Waals surface area contributed by atoms with E-state index in [4.69, 9.17) is 9.15 Å². The van der Waals surface area contributed by atoms with Crippen molar-refractivity contribution in [1.82, 2.24) is 4.98 Å². The third-order valence-electron chi connectivity index (χ3n) is 4.66. The second kappa shape index (κ2) is 8.51. The van der Waals surface area contributed by atoms with Gasteiger partial charge in [-0.25, -0.2) is 4.98 Å². The van der Waals surface area contributed by atoms with Crippen LogP contribution in [0.1, 0.15) is 18.9 Å². The number of nitrogens with one attached hydrogen (secondary N) is 1. The minimum absolute atomic E-state index is 0.0266. The fourth-order valence-corrected chi connectivity index (χ4v) is 3.59. The fraction of sp³-hybridized carbons (Fsp3) is 0.174. The number of rotatable bonds is 6. The van der Waals surface area contributed by atoms with Crippen LogP contribution in [0.5, 0.6) is 5.75 Å². The Bertz CT molecular complexity index is 1230. The molecule has 1 N–H and O–H groups in total. The van der Waals surface area contributed by atoms with Crippen LogP contribution in [0.25, 0.3) is 22.3 Å². The number of benzene rings is 2. The Kier molecular flexibility index (Phi) is 5.63. The number of carbonyl (C=O) groups excluding carboxylic acids is 1. The van der Waals surface area contributed by atoms with Crippen LogP contribution in [-0.2, 0) is 4.79 Å². The number of thiazole rings is 1. The van der Waals surface area contributed by atoms with Crippen LogP contribution >= 0.6 is 11.3 Å². The fourth-order valence-electron chi connectivity index (χ4n) is 3.06. The molecule has 0 fully saturated rings. The van der Waals surface area contributed by atoms with Crippen LogP contribution in [0.4, 0.5) is 5.13 Å². The number of aryl methyl sites for hydroxylation is 1. The quantitative estimate of drug-likeness (QED) is 0.474. The first-order valence-corrected chi connectivity index (χ1v) is 10.4. The van der Waals surface area contributed by atoms with Crippen molar-refractivity contribution < 1.29 is 13.9 Å². The third kappa shape index (κ3) is 3.97. The van der Waals surface area contributed by atoms with Gasteiger partial charge in [0, 0.05) is 17.1 Å². The lowest BCUT2D eigenvalue weighted by Crippen LogP contribution is -2.33. The minimum atomic E-state index is -0.873. The van der Waals surface area contributed by atoms with Crippen molar-refractivity contribution in [2.24, 2.45) is 0 Å². The molecule has 1 unspecified atom stereocenters. The predicted octanol–water partition coefficient (Wildman–Crippen LogP) is 5.02. The summed E-state index contributed by atoms with van der Waals surface area (Å²) in [5.41, 5.74) is 1.94.